The predicted octanol–water partition coefficient (Wildman–Crippen LogP) is 3.79. The van der Waals surface area contributed by atoms with Gasteiger partial charge in [-0.2, -0.15) is 0 Å². The highest BCUT2D eigenvalue weighted by atomic mass is 16.3. The van der Waals surface area contributed by atoms with Crippen LogP contribution in [0.25, 0.3) is 0 Å². The van der Waals surface area contributed by atoms with Gasteiger partial charge in [0.2, 0.25) is 0 Å². The summed E-state index contributed by atoms with van der Waals surface area (Å²) in [5.74, 6) is 0. The highest BCUT2D eigenvalue weighted by Gasteiger charge is 2.37. The van der Waals surface area contributed by atoms with Gasteiger partial charge >= 0.3 is 0 Å². The van der Waals surface area contributed by atoms with Gasteiger partial charge in [-0.05, 0) is 18.1 Å². The summed E-state index contributed by atoms with van der Waals surface area (Å²) in [6.07, 6.45) is -1.45. The molecule has 0 aliphatic heterocycles. The van der Waals surface area contributed by atoms with Crippen molar-refractivity contribution >= 4 is 0 Å². The van der Waals surface area contributed by atoms with Crippen LogP contribution in [0, 0.1) is 12.3 Å². The molecular weight excluding hydrogens is 248 g/mol. The van der Waals surface area contributed by atoms with Crippen molar-refractivity contribution in [1.82, 2.24) is 0 Å². The molecule has 0 radical (unpaired) electrons. The van der Waals surface area contributed by atoms with Crippen molar-refractivity contribution in [2.75, 3.05) is 0 Å². The molecule has 0 spiro atoms. The lowest BCUT2D eigenvalue weighted by Gasteiger charge is -2.35. The quantitative estimate of drug-likeness (QED) is 0.887. The van der Waals surface area contributed by atoms with Crippen LogP contribution in [-0.2, 0) is 0 Å². The van der Waals surface area contributed by atoms with Gasteiger partial charge in [-0.3, -0.25) is 0 Å². The van der Waals surface area contributed by atoms with Gasteiger partial charge in [-0.1, -0.05) is 74.0 Å². The van der Waals surface area contributed by atoms with Gasteiger partial charge in [0.1, 0.15) is 0 Å². The Balaban J connectivity index is 2.27. The second kappa shape index (κ2) is 5.78. The predicted molar refractivity (Wildman–Crippen MR) is 81.3 cm³/mol. The Labute approximate surface area is 120 Å². The third-order valence-corrected chi connectivity index (χ3v) is 3.92. The van der Waals surface area contributed by atoms with E-state index in [2.05, 4.69) is 0 Å². The first-order valence-corrected chi connectivity index (χ1v) is 6.90. The van der Waals surface area contributed by atoms with Crippen LogP contribution in [0.3, 0.4) is 0 Å². The van der Waals surface area contributed by atoms with Gasteiger partial charge in [0.05, 0.1) is 12.2 Å². The molecule has 0 amide bonds. The summed E-state index contributed by atoms with van der Waals surface area (Å²) in [6.45, 7) is 5.78. The average Bonchev–Trinajstić information content (AvgIpc) is 2.47. The third-order valence-electron chi connectivity index (χ3n) is 3.92. The number of hydrogen-bond donors (Lipinski definition) is 2. The van der Waals surface area contributed by atoms with E-state index in [0.29, 0.717) is 0 Å². The number of benzene rings is 2. The van der Waals surface area contributed by atoms with Gasteiger partial charge in [-0.25, -0.2) is 0 Å². The fourth-order valence-electron chi connectivity index (χ4n) is 2.39. The average molecular weight is 270 g/mol. The molecule has 0 fully saturated rings. The number of hydrogen-bond acceptors (Lipinski definition) is 2. The molecule has 0 heterocycles. The molecule has 0 unspecified atom stereocenters. The van der Waals surface area contributed by atoms with Crippen LogP contribution in [-0.4, -0.2) is 10.2 Å². The van der Waals surface area contributed by atoms with Crippen molar-refractivity contribution in [2.24, 2.45) is 5.41 Å². The lowest BCUT2D eigenvalue weighted by Crippen LogP contribution is -2.29. The van der Waals surface area contributed by atoms with Crippen LogP contribution in [0.5, 0.6) is 0 Å². The van der Waals surface area contributed by atoms with Crippen LogP contribution in [0.2, 0.25) is 0 Å². The number of aliphatic hydroxyl groups is 2. The topological polar surface area (TPSA) is 40.5 Å². The van der Waals surface area contributed by atoms with Gasteiger partial charge in [0, 0.05) is 5.41 Å². The Kier molecular flexibility index (Phi) is 4.26. The highest BCUT2D eigenvalue weighted by Crippen LogP contribution is 2.43. The van der Waals surface area contributed by atoms with Crippen LogP contribution in [0.15, 0.2) is 54.6 Å². The molecule has 2 aromatic rings. The monoisotopic (exact) mass is 270 g/mol. The Morgan fingerprint density at radius 2 is 1.20 bits per heavy atom. The van der Waals surface area contributed by atoms with E-state index in [1.807, 2.05) is 75.4 Å². The van der Waals surface area contributed by atoms with Crippen molar-refractivity contribution in [3.8, 4) is 0 Å². The maximum atomic E-state index is 10.6. The minimum atomic E-state index is -0.724. The lowest BCUT2D eigenvalue weighted by molar-refractivity contribution is -0.0512. The first kappa shape index (κ1) is 14.8. The zero-order valence-corrected chi connectivity index (χ0v) is 12.2. The van der Waals surface area contributed by atoms with Gasteiger partial charge in [0.25, 0.3) is 0 Å². The zero-order valence-electron chi connectivity index (χ0n) is 12.2. The smallest absolute Gasteiger partial charge is 0.0869 e. The Hall–Kier alpha value is -1.64. The summed E-state index contributed by atoms with van der Waals surface area (Å²) < 4.78 is 0. The Morgan fingerprint density at radius 3 is 1.70 bits per heavy atom. The molecule has 0 aromatic heterocycles. The van der Waals surface area contributed by atoms with Crippen molar-refractivity contribution in [3.05, 3.63) is 71.3 Å². The molecule has 2 rings (SSSR count). The van der Waals surface area contributed by atoms with Crippen molar-refractivity contribution in [1.29, 1.82) is 0 Å². The second-order valence-corrected chi connectivity index (χ2v) is 5.95. The molecule has 106 valence electrons. The lowest BCUT2D eigenvalue weighted by atomic mass is 9.75. The number of aliphatic hydroxyl groups excluding tert-OH is 2. The van der Waals surface area contributed by atoms with E-state index in [-0.39, 0.29) is 0 Å². The van der Waals surface area contributed by atoms with E-state index < -0.39 is 17.6 Å². The zero-order chi connectivity index (χ0) is 14.8. The van der Waals surface area contributed by atoms with E-state index in [4.69, 9.17) is 0 Å². The SMILES string of the molecule is Cc1ccc([C@@H](O)C(C)(C)[C@H](O)c2ccccc2)cc1. The minimum absolute atomic E-state index is 0.670. The highest BCUT2D eigenvalue weighted by molar-refractivity contribution is 5.26. The fourth-order valence-corrected chi connectivity index (χ4v) is 2.39. The first-order chi connectivity index (χ1) is 9.43. The maximum absolute atomic E-state index is 10.6. The summed E-state index contributed by atoms with van der Waals surface area (Å²) in [7, 11) is 0. The standard InChI is InChI=1S/C18H22O2/c1-13-9-11-15(12-10-13)17(20)18(2,3)16(19)14-7-5-4-6-8-14/h4-12,16-17,19-20H,1-3H3/t16-,17-/m1/s1. The molecule has 0 saturated carbocycles. The molecular formula is C18H22O2. The third kappa shape index (κ3) is 2.92. The molecule has 0 saturated heterocycles. The molecule has 0 aliphatic rings. The molecule has 0 bridgehead atoms. The maximum Gasteiger partial charge on any atom is 0.0869 e. The largest absolute Gasteiger partial charge is 0.388 e. The second-order valence-electron chi connectivity index (χ2n) is 5.95. The van der Waals surface area contributed by atoms with E-state index in [0.717, 1.165) is 16.7 Å². The molecule has 2 nitrogen and oxygen atoms in total. The van der Waals surface area contributed by atoms with E-state index in [1.54, 1.807) is 0 Å². The molecule has 2 heteroatoms. The summed E-state index contributed by atoms with van der Waals surface area (Å²) in [5.41, 5.74) is 2.14. The van der Waals surface area contributed by atoms with Gasteiger partial charge in [-0.15, -0.1) is 0 Å². The number of aryl methyl sites for hydroxylation is 1. The summed E-state index contributed by atoms with van der Waals surface area (Å²) in [6, 6.07) is 17.3. The minimum Gasteiger partial charge on any atom is -0.388 e. The van der Waals surface area contributed by atoms with Crippen molar-refractivity contribution < 1.29 is 10.2 Å². The van der Waals surface area contributed by atoms with E-state index in [9.17, 15) is 10.2 Å². The van der Waals surface area contributed by atoms with Crippen molar-refractivity contribution in [2.45, 2.75) is 33.0 Å². The molecule has 2 atom stereocenters. The first-order valence-electron chi connectivity index (χ1n) is 6.90. The molecule has 0 aliphatic carbocycles. The fraction of sp³-hybridized carbons (Fsp3) is 0.333. The summed E-state index contributed by atoms with van der Waals surface area (Å²) in [5, 5.41) is 21.2. The normalized spacial score (nSPS) is 14.8. The van der Waals surface area contributed by atoms with Gasteiger partial charge in [0.15, 0.2) is 0 Å². The molecule has 2 aromatic carbocycles. The number of rotatable bonds is 4. The van der Waals surface area contributed by atoms with Crippen LogP contribution < -0.4 is 0 Å². The van der Waals surface area contributed by atoms with Crippen LogP contribution >= 0.6 is 0 Å². The van der Waals surface area contributed by atoms with Crippen molar-refractivity contribution in [3.63, 3.8) is 0 Å². The molecule has 2 N–H and O–H groups in total. The van der Waals surface area contributed by atoms with Gasteiger partial charge < -0.3 is 10.2 Å². The molecule has 20 heavy (non-hydrogen) atoms. The summed E-state index contributed by atoms with van der Waals surface area (Å²) >= 11 is 0. The summed E-state index contributed by atoms with van der Waals surface area (Å²) in [4.78, 5) is 0. The van der Waals surface area contributed by atoms with E-state index in [1.165, 1.54) is 0 Å². The Morgan fingerprint density at radius 1 is 0.750 bits per heavy atom. The van der Waals surface area contributed by atoms with Crippen LogP contribution in [0.4, 0.5) is 0 Å². The Bertz CT molecular complexity index is 543. The van der Waals surface area contributed by atoms with Crippen LogP contribution in [0.1, 0.15) is 42.7 Å². The van der Waals surface area contributed by atoms with E-state index >= 15 is 0 Å².